The monoisotopic (exact) mass is 299 g/mol. The molecule has 0 fully saturated rings. The summed E-state index contributed by atoms with van der Waals surface area (Å²) in [4.78, 5) is 14.2. The van der Waals surface area contributed by atoms with Gasteiger partial charge in [-0.1, -0.05) is 6.92 Å². The maximum atomic E-state index is 13.1. The minimum atomic E-state index is -0.725. The fraction of sp³-hybridized carbons (Fsp3) is 0.562. The highest BCUT2D eigenvalue weighted by atomic mass is 19.1. The van der Waals surface area contributed by atoms with Crippen LogP contribution in [0.3, 0.4) is 0 Å². The molecule has 0 amide bonds. The van der Waals surface area contributed by atoms with Crippen LogP contribution in [0.5, 0.6) is 0 Å². The first-order chi connectivity index (χ1) is 9.97. The Kier molecular flexibility index (Phi) is 7.47. The zero-order valence-electron chi connectivity index (χ0n) is 12.9. The predicted octanol–water partition coefficient (Wildman–Crippen LogP) is 3.28. The maximum Gasteiger partial charge on any atom is 0.164 e. The summed E-state index contributed by atoms with van der Waals surface area (Å²) >= 11 is 0. The Morgan fingerprint density at radius 2 is 1.86 bits per heavy atom. The Bertz CT molecular complexity index is 445. The minimum absolute atomic E-state index is 0.0864. The number of nitrogens with zero attached hydrogens (tertiary/aromatic N) is 1. The molecule has 0 spiro atoms. The Morgan fingerprint density at radius 3 is 2.38 bits per heavy atom. The van der Waals surface area contributed by atoms with Crippen molar-refractivity contribution >= 4 is 5.78 Å². The molecule has 0 bridgehead atoms. The summed E-state index contributed by atoms with van der Waals surface area (Å²) in [5, 5.41) is 0. The van der Waals surface area contributed by atoms with Crippen molar-refractivity contribution in [2.75, 3.05) is 26.8 Å². The number of ether oxygens (including phenoxy) is 1. The Labute approximate surface area is 124 Å². The summed E-state index contributed by atoms with van der Waals surface area (Å²) in [6, 6.07) is 3.25. The molecule has 0 aromatic heterocycles. The molecule has 3 nitrogen and oxygen atoms in total. The molecule has 0 saturated heterocycles. The number of carbonyl (C=O) groups is 1. The molecule has 0 saturated carbocycles. The molecule has 1 unspecified atom stereocenters. The van der Waals surface area contributed by atoms with Gasteiger partial charge >= 0.3 is 0 Å². The first-order valence-corrected chi connectivity index (χ1v) is 7.20. The quantitative estimate of drug-likeness (QED) is 0.655. The SMILES string of the molecule is CCC(C)N(CCOC)CCC(=O)c1cc(F)cc(F)c1. The molecule has 1 aromatic rings. The topological polar surface area (TPSA) is 29.5 Å². The van der Waals surface area contributed by atoms with E-state index in [0.29, 0.717) is 19.2 Å². The average molecular weight is 299 g/mol. The van der Waals surface area contributed by atoms with Crippen LogP contribution < -0.4 is 0 Å². The lowest BCUT2D eigenvalue weighted by atomic mass is 10.1. The van der Waals surface area contributed by atoms with E-state index in [4.69, 9.17) is 4.74 Å². The third kappa shape index (κ3) is 5.89. The summed E-state index contributed by atoms with van der Waals surface area (Å²) in [6.45, 7) is 6.04. The number of hydrogen-bond acceptors (Lipinski definition) is 3. The largest absolute Gasteiger partial charge is 0.383 e. The van der Waals surface area contributed by atoms with Crippen molar-refractivity contribution in [3.8, 4) is 0 Å². The van der Waals surface area contributed by atoms with Gasteiger partial charge in [-0.2, -0.15) is 0 Å². The fourth-order valence-corrected chi connectivity index (χ4v) is 2.12. The second-order valence-corrected chi connectivity index (χ2v) is 5.12. The van der Waals surface area contributed by atoms with Crippen molar-refractivity contribution in [3.63, 3.8) is 0 Å². The lowest BCUT2D eigenvalue weighted by molar-refractivity contribution is 0.0915. The van der Waals surface area contributed by atoms with Gasteiger partial charge in [0.05, 0.1) is 6.61 Å². The van der Waals surface area contributed by atoms with Crippen LogP contribution in [-0.4, -0.2) is 43.5 Å². The van der Waals surface area contributed by atoms with Crippen molar-refractivity contribution in [1.82, 2.24) is 4.90 Å². The number of carbonyl (C=O) groups excluding carboxylic acids is 1. The van der Waals surface area contributed by atoms with Gasteiger partial charge in [-0.05, 0) is 25.5 Å². The lowest BCUT2D eigenvalue weighted by Gasteiger charge is -2.27. The second-order valence-electron chi connectivity index (χ2n) is 5.12. The van der Waals surface area contributed by atoms with Crippen molar-refractivity contribution in [3.05, 3.63) is 35.4 Å². The van der Waals surface area contributed by atoms with Crippen LogP contribution in [0.4, 0.5) is 8.78 Å². The third-order valence-corrected chi connectivity index (χ3v) is 3.61. The van der Waals surface area contributed by atoms with E-state index in [2.05, 4.69) is 18.7 Å². The first-order valence-electron chi connectivity index (χ1n) is 7.20. The smallest absolute Gasteiger partial charge is 0.164 e. The summed E-state index contributed by atoms with van der Waals surface area (Å²) < 4.78 is 31.3. The molecule has 0 heterocycles. The van der Waals surface area contributed by atoms with Crippen molar-refractivity contribution in [2.45, 2.75) is 32.7 Å². The Balaban J connectivity index is 2.63. The van der Waals surface area contributed by atoms with Crippen molar-refractivity contribution in [1.29, 1.82) is 0 Å². The van der Waals surface area contributed by atoms with Gasteiger partial charge in [-0.25, -0.2) is 8.78 Å². The molecule has 0 N–H and O–H groups in total. The average Bonchev–Trinajstić information content (AvgIpc) is 2.45. The molecule has 0 aliphatic carbocycles. The predicted molar refractivity (Wildman–Crippen MR) is 78.5 cm³/mol. The van der Waals surface area contributed by atoms with Gasteiger partial charge in [0.15, 0.2) is 5.78 Å². The normalized spacial score (nSPS) is 12.7. The second kappa shape index (κ2) is 8.85. The molecule has 21 heavy (non-hydrogen) atoms. The summed E-state index contributed by atoms with van der Waals surface area (Å²) in [7, 11) is 1.63. The number of Topliss-reactive ketones (excluding diaryl/α,β-unsaturated/α-hetero) is 1. The van der Waals surface area contributed by atoms with Crippen LogP contribution in [0.25, 0.3) is 0 Å². The molecule has 1 atom stereocenters. The van der Waals surface area contributed by atoms with E-state index >= 15 is 0 Å². The molecule has 0 aliphatic rings. The molecule has 1 aromatic carbocycles. The first kappa shape index (κ1) is 17.7. The van der Waals surface area contributed by atoms with Crippen LogP contribution in [0, 0.1) is 11.6 Å². The van der Waals surface area contributed by atoms with Crippen LogP contribution in [0.1, 0.15) is 37.0 Å². The third-order valence-electron chi connectivity index (χ3n) is 3.61. The molecular weight excluding hydrogens is 276 g/mol. The zero-order chi connectivity index (χ0) is 15.8. The van der Waals surface area contributed by atoms with Crippen molar-refractivity contribution < 1.29 is 18.3 Å². The number of hydrogen-bond donors (Lipinski definition) is 0. The fourth-order valence-electron chi connectivity index (χ4n) is 2.12. The van der Waals surface area contributed by atoms with Crippen LogP contribution in [-0.2, 0) is 4.74 Å². The van der Waals surface area contributed by atoms with E-state index in [-0.39, 0.29) is 17.8 Å². The van der Waals surface area contributed by atoms with Crippen LogP contribution >= 0.6 is 0 Å². The highest BCUT2D eigenvalue weighted by Crippen LogP contribution is 2.12. The summed E-state index contributed by atoms with van der Waals surface area (Å²) in [5.41, 5.74) is 0.0864. The van der Waals surface area contributed by atoms with Gasteiger partial charge < -0.3 is 4.74 Å². The highest BCUT2D eigenvalue weighted by Gasteiger charge is 2.15. The van der Waals surface area contributed by atoms with E-state index in [1.165, 1.54) is 0 Å². The van der Waals surface area contributed by atoms with Crippen LogP contribution in [0.15, 0.2) is 18.2 Å². The van der Waals surface area contributed by atoms with Gasteiger partial charge in [0.1, 0.15) is 11.6 Å². The van der Waals surface area contributed by atoms with Gasteiger partial charge in [-0.3, -0.25) is 9.69 Å². The van der Waals surface area contributed by atoms with E-state index in [0.717, 1.165) is 31.2 Å². The molecule has 0 radical (unpaired) electrons. The highest BCUT2D eigenvalue weighted by molar-refractivity contribution is 5.96. The summed E-state index contributed by atoms with van der Waals surface area (Å²) in [6.07, 6.45) is 1.20. The molecule has 118 valence electrons. The Hall–Kier alpha value is -1.33. The minimum Gasteiger partial charge on any atom is -0.383 e. The number of methoxy groups -OCH3 is 1. The van der Waals surface area contributed by atoms with E-state index in [9.17, 15) is 13.6 Å². The molecular formula is C16H23F2NO2. The maximum absolute atomic E-state index is 13.1. The molecule has 0 aliphatic heterocycles. The zero-order valence-corrected chi connectivity index (χ0v) is 12.9. The van der Waals surface area contributed by atoms with E-state index < -0.39 is 11.6 Å². The van der Waals surface area contributed by atoms with E-state index in [1.807, 2.05) is 0 Å². The Morgan fingerprint density at radius 1 is 1.24 bits per heavy atom. The molecule has 5 heteroatoms. The van der Waals surface area contributed by atoms with Gasteiger partial charge in [0, 0.05) is 44.3 Å². The summed E-state index contributed by atoms with van der Waals surface area (Å²) in [5.74, 6) is -1.70. The van der Waals surface area contributed by atoms with Gasteiger partial charge in [-0.15, -0.1) is 0 Å². The van der Waals surface area contributed by atoms with E-state index in [1.54, 1.807) is 7.11 Å². The number of ketones is 1. The van der Waals surface area contributed by atoms with Gasteiger partial charge in [0.25, 0.3) is 0 Å². The lowest BCUT2D eigenvalue weighted by Crippen LogP contribution is -2.37. The molecule has 1 rings (SSSR count). The number of rotatable bonds is 9. The number of halogens is 2. The van der Waals surface area contributed by atoms with Crippen LogP contribution in [0.2, 0.25) is 0 Å². The van der Waals surface area contributed by atoms with Crippen molar-refractivity contribution in [2.24, 2.45) is 0 Å². The number of benzene rings is 1. The van der Waals surface area contributed by atoms with Gasteiger partial charge in [0.2, 0.25) is 0 Å². The standard InChI is InChI=1S/C16H23F2NO2/c1-4-12(2)19(7-8-21-3)6-5-16(20)13-9-14(17)11-15(18)10-13/h9-12H,4-8H2,1-3H3.